The molecule has 0 saturated carbocycles. The van der Waals surface area contributed by atoms with Gasteiger partial charge in [-0.1, -0.05) is 30.3 Å². The van der Waals surface area contributed by atoms with E-state index in [2.05, 4.69) is 0 Å². The zero-order chi connectivity index (χ0) is 15.1. The van der Waals surface area contributed by atoms with E-state index in [-0.39, 0.29) is 0 Å². The molecule has 2 aromatic carbocycles. The Bertz CT molecular complexity index is 646. The predicted octanol–water partition coefficient (Wildman–Crippen LogP) is 3.35. The van der Waals surface area contributed by atoms with Crippen LogP contribution in [0.5, 0.6) is 5.75 Å². The van der Waals surface area contributed by atoms with Gasteiger partial charge in [0.25, 0.3) is 0 Å². The van der Waals surface area contributed by atoms with Crippen molar-refractivity contribution in [1.29, 1.82) is 0 Å². The lowest BCUT2D eigenvalue weighted by molar-refractivity contribution is -0.131. The van der Waals surface area contributed by atoms with Gasteiger partial charge in [0, 0.05) is 18.2 Å². The molecule has 0 spiro atoms. The molecular weight excluding hydrogens is 268 g/mol. The largest absolute Gasteiger partial charge is 0.491 e. The van der Waals surface area contributed by atoms with Crippen LogP contribution in [0.25, 0.3) is 16.8 Å². The third-order valence-corrected chi connectivity index (χ3v) is 3.01. The lowest BCUT2D eigenvalue weighted by Crippen LogP contribution is -2.07. The smallest absolute Gasteiger partial charge is 0.328 e. The first kappa shape index (κ1) is 15.1. The van der Waals surface area contributed by atoms with Crippen molar-refractivity contribution in [2.45, 2.75) is 6.92 Å². The van der Waals surface area contributed by atoms with Crippen LogP contribution in [-0.2, 0) is 9.53 Å². The minimum Gasteiger partial charge on any atom is -0.491 e. The second kappa shape index (κ2) is 7.45. The van der Waals surface area contributed by atoms with E-state index in [0.29, 0.717) is 25.6 Å². The summed E-state index contributed by atoms with van der Waals surface area (Å²) in [4.78, 5) is 10.8. The number of fused-ring (bicyclic) bond motifs is 1. The van der Waals surface area contributed by atoms with E-state index in [1.54, 1.807) is 6.08 Å². The summed E-state index contributed by atoms with van der Waals surface area (Å²) in [7, 11) is 0. The monoisotopic (exact) mass is 286 g/mol. The summed E-state index contributed by atoms with van der Waals surface area (Å²) >= 11 is 0. The molecule has 2 rings (SSSR count). The van der Waals surface area contributed by atoms with Crippen LogP contribution in [-0.4, -0.2) is 30.9 Å². The SMILES string of the molecule is CCOCCOc1ccc2ccccc2c1/C=C/C(=O)O. The number of carboxylic acids is 1. The van der Waals surface area contributed by atoms with E-state index in [9.17, 15) is 4.79 Å². The fraction of sp³-hybridized carbons (Fsp3) is 0.235. The fourth-order valence-electron chi connectivity index (χ4n) is 2.08. The second-order valence-electron chi connectivity index (χ2n) is 4.42. The zero-order valence-corrected chi connectivity index (χ0v) is 11.9. The van der Waals surface area contributed by atoms with Crippen LogP contribution in [0.3, 0.4) is 0 Å². The summed E-state index contributed by atoms with van der Waals surface area (Å²) in [5.41, 5.74) is 0.770. The quantitative estimate of drug-likeness (QED) is 0.626. The number of benzene rings is 2. The second-order valence-corrected chi connectivity index (χ2v) is 4.42. The maximum Gasteiger partial charge on any atom is 0.328 e. The lowest BCUT2D eigenvalue weighted by atomic mass is 10.0. The number of hydrogen-bond acceptors (Lipinski definition) is 3. The van der Waals surface area contributed by atoms with Gasteiger partial charge in [0.1, 0.15) is 12.4 Å². The van der Waals surface area contributed by atoms with Gasteiger partial charge in [-0.05, 0) is 29.8 Å². The van der Waals surface area contributed by atoms with Crippen molar-refractivity contribution in [3.05, 3.63) is 48.0 Å². The highest BCUT2D eigenvalue weighted by atomic mass is 16.5. The van der Waals surface area contributed by atoms with Crippen LogP contribution in [0.1, 0.15) is 12.5 Å². The topological polar surface area (TPSA) is 55.8 Å². The van der Waals surface area contributed by atoms with Crippen LogP contribution < -0.4 is 4.74 Å². The maximum atomic E-state index is 10.8. The van der Waals surface area contributed by atoms with E-state index in [1.807, 2.05) is 43.3 Å². The Morgan fingerprint density at radius 1 is 1.19 bits per heavy atom. The Hall–Kier alpha value is -2.33. The van der Waals surface area contributed by atoms with Crippen molar-refractivity contribution in [2.24, 2.45) is 0 Å². The molecule has 0 aromatic heterocycles. The highest BCUT2D eigenvalue weighted by molar-refractivity contribution is 5.96. The molecule has 0 aliphatic heterocycles. The Kier molecular flexibility index (Phi) is 5.35. The van der Waals surface area contributed by atoms with E-state index >= 15 is 0 Å². The minimum absolute atomic E-state index is 0.431. The van der Waals surface area contributed by atoms with Gasteiger partial charge in [-0.2, -0.15) is 0 Å². The Morgan fingerprint density at radius 2 is 2.00 bits per heavy atom. The molecule has 0 saturated heterocycles. The molecule has 0 bridgehead atoms. The predicted molar refractivity (Wildman–Crippen MR) is 82.6 cm³/mol. The van der Waals surface area contributed by atoms with Crippen molar-refractivity contribution in [2.75, 3.05) is 19.8 Å². The van der Waals surface area contributed by atoms with Crippen LogP contribution >= 0.6 is 0 Å². The highest BCUT2D eigenvalue weighted by Gasteiger charge is 2.06. The van der Waals surface area contributed by atoms with Crippen molar-refractivity contribution in [1.82, 2.24) is 0 Å². The van der Waals surface area contributed by atoms with Gasteiger partial charge in [0.05, 0.1) is 6.61 Å². The molecule has 21 heavy (non-hydrogen) atoms. The third-order valence-electron chi connectivity index (χ3n) is 3.01. The molecule has 0 atom stereocenters. The Labute approximate surface area is 123 Å². The number of hydrogen-bond donors (Lipinski definition) is 1. The fourth-order valence-corrected chi connectivity index (χ4v) is 2.08. The average molecular weight is 286 g/mol. The third kappa shape index (κ3) is 4.07. The minimum atomic E-state index is -0.983. The first-order valence-electron chi connectivity index (χ1n) is 6.85. The van der Waals surface area contributed by atoms with Crippen molar-refractivity contribution < 1.29 is 19.4 Å². The summed E-state index contributed by atoms with van der Waals surface area (Å²) in [5.74, 6) is -0.325. The summed E-state index contributed by atoms with van der Waals surface area (Å²) in [6.07, 6.45) is 2.69. The summed E-state index contributed by atoms with van der Waals surface area (Å²) in [5, 5.41) is 10.8. The number of rotatable bonds is 7. The summed E-state index contributed by atoms with van der Waals surface area (Å²) < 4.78 is 11.0. The van der Waals surface area contributed by atoms with E-state index in [0.717, 1.165) is 22.4 Å². The van der Waals surface area contributed by atoms with Crippen molar-refractivity contribution >= 4 is 22.8 Å². The molecule has 0 unspecified atom stereocenters. The van der Waals surface area contributed by atoms with Crippen LogP contribution in [0.4, 0.5) is 0 Å². The van der Waals surface area contributed by atoms with Gasteiger partial charge in [-0.3, -0.25) is 0 Å². The summed E-state index contributed by atoms with van der Waals surface area (Å²) in [6, 6.07) is 11.6. The number of carboxylic acid groups (broad SMARTS) is 1. The number of ether oxygens (including phenoxy) is 2. The lowest BCUT2D eigenvalue weighted by Gasteiger charge is -2.12. The van der Waals surface area contributed by atoms with Gasteiger partial charge in [-0.15, -0.1) is 0 Å². The normalized spacial score (nSPS) is 11.1. The molecule has 0 heterocycles. The van der Waals surface area contributed by atoms with Gasteiger partial charge in [0.2, 0.25) is 0 Å². The molecule has 4 nitrogen and oxygen atoms in total. The molecule has 4 heteroatoms. The molecule has 0 radical (unpaired) electrons. The van der Waals surface area contributed by atoms with Crippen LogP contribution in [0.2, 0.25) is 0 Å². The molecule has 0 fully saturated rings. The molecule has 0 aliphatic rings. The van der Waals surface area contributed by atoms with Gasteiger partial charge in [0.15, 0.2) is 0 Å². The van der Waals surface area contributed by atoms with E-state index in [4.69, 9.17) is 14.6 Å². The first-order valence-corrected chi connectivity index (χ1v) is 6.85. The standard InChI is InChI=1S/C17H18O4/c1-2-20-11-12-21-16-9-7-13-5-3-4-6-14(13)15(16)8-10-17(18)19/h3-10H,2,11-12H2,1H3,(H,18,19)/b10-8+. The van der Waals surface area contributed by atoms with Gasteiger partial charge >= 0.3 is 5.97 Å². The number of aliphatic carboxylic acids is 1. The van der Waals surface area contributed by atoms with Gasteiger partial charge in [-0.25, -0.2) is 4.79 Å². The van der Waals surface area contributed by atoms with Gasteiger partial charge < -0.3 is 14.6 Å². The molecule has 0 aliphatic carbocycles. The van der Waals surface area contributed by atoms with Crippen LogP contribution in [0, 0.1) is 0 Å². The Morgan fingerprint density at radius 3 is 2.76 bits per heavy atom. The summed E-state index contributed by atoms with van der Waals surface area (Å²) in [6.45, 7) is 3.51. The van der Waals surface area contributed by atoms with E-state index in [1.165, 1.54) is 0 Å². The molecule has 110 valence electrons. The zero-order valence-electron chi connectivity index (χ0n) is 11.9. The van der Waals surface area contributed by atoms with Crippen molar-refractivity contribution in [3.63, 3.8) is 0 Å². The molecule has 0 amide bonds. The molecular formula is C17H18O4. The maximum absolute atomic E-state index is 10.8. The average Bonchev–Trinajstić information content (AvgIpc) is 2.49. The highest BCUT2D eigenvalue weighted by Crippen LogP contribution is 2.29. The first-order chi connectivity index (χ1) is 10.2. The molecule has 1 N–H and O–H groups in total. The van der Waals surface area contributed by atoms with Crippen LogP contribution in [0.15, 0.2) is 42.5 Å². The van der Waals surface area contributed by atoms with Crippen molar-refractivity contribution in [3.8, 4) is 5.75 Å². The molecule has 2 aromatic rings. The van der Waals surface area contributed by atoms with E-state index < -0.39 is 5.97 Å². The number of carbonyl (C=O) groups is 1. The Balaban J connectivity index is 2.34.